The zero-order valence-electron chi connectivity index (χ0n) is 24.6. The molecule has 1 aromatic heterocycles. The summed E-state index contributed by atoms with van der Waals surface area (Å²) in [6.07, 6.45) is 1.65. The molecule has 0 saturated heterocycles. The molecule has 0 aliphatic rings. The third-order valence-corrected chi connectivity index (χ3v) is 9.13. The van der Waals surface area contributed by atoms with Crippen LogP contribution in [0.1, 0.15) is 26.0 Å². The summed E-state index contributed by atoms with van der Waals surface area (Å²) in [6.45, 7) is 0. The molecular weight excluding hydrogens is 611 g/mol. The van der Waals surface area contributed by atoms with Gasteiger partial charge in [-0.05, 0) is 76.3 Å². The molecule has 6 aromatic rings. The van der Waals surface area contributed by atoms with Crippen LogP contribution < -0.4 is 16.0 Å². The maximum atomic E-state index is 13.7. The zero-order valence-corrected chi connectivity index (χ0v) is 26.2. The Morgan fingerprint density at radius 2 is 1.37 bits per heavy atom. The molecule has 226 valence electrons. The molecule has 0 radical (unpaired) electrons. The SMILES string of the molecule is O=C(Nc1cccc(SC(C(=O)Nc2ccc3ccccc3c2)c2ccccc2)c1)/C(=C/c1cccs1)NC(=O)c1ccccc1. The van der Waals surface area contributed by atoms with E-state index in [-0.39, 0.29) is 17.5 Å². The van der Waals surface area contributed by atoms with Crippen molar-refractivity contribution in [1.29, 1.82) is 0 Å². The predicted octanol–water partition coefficient (Wildman–Crippen LogP) is 8.78. The number of thiophene rings is 1. The highest BCUT2D eigenvalue weighted by atomic mass is 32.2. The number of anilines is 2. The minimum atomic E-state index is -0.557. The lowest BCUT2D eigenvalue weighted by molar-refractivity contribution is -0.116. The Morgan fingerprint density at radius 1 is 0.652 bits per heavy atom. The highest BCUT2D eigenvalue weighted by molar-refractivity contribution is 8.00. The van der Waals surface area contributed by atoms with Crippen molar-refractivity contribution >= 4 is 69.0 Å². The van der Waals surface area contributed by atoms with Crippen LogP contribution in [0.2, 0.25) is 0 Å². The lowest BCUT2D eigenvalue weighted by Gasteiger charge is -2.18. The summed E-state index contributed by atoms with van der Waals surface area (Å²) < 4.78 is 0. The average Bonchev–Trinajstić information content (AvgIpc) is 3.61. The van der Waals surface area contributed by atoms with Gasteiger partial charge in [-0.15, -0.1) is 23.1 Å². The number of amides is 3. The van der Waals surface area contributed by atoms with E-state index in [9.17, 15) is 14.4 Å². The van der Waals surface area contributed by atoms with Crippen molar-refractivity contribution < 1.29 is 14.4 Å². The number of carbonyl (C=O) groups excluding carboxylic acids is 3. The first-order chi connectivity index (χ1) is 22.5. The summed E-state index contributed by atoms with van der Waals surface area (Å²) in [6, 6.07) is 43.3. The van der Waals surface area contributed by atoms with E-state index in [4.69, 9.17) is 0 Å². The molecule has 3 amide bonds. The number of benzene rings is 5. The van der Waals surface area contributed by atoms with Crippen molar-refractivity contribution in [2.24, 2.45) is 0 Å². The van der Waals surface area contributed by atoms with Crippen LogP contribution in [0.3, 0.4) is 0 Å². The normalized spacial score (nSPS) is 11.9. The Kier molecular flexibility index (Phi) is 9.68. The molecule has 1 heterocycles. The molecule has 6 rings (SSSR count). The minimum absolute atomic E-state index is 0.117. The lowest BCUT2D eigenvalue weighted by atomic mass is 10.1. The minimum Gasteiger partial charge on any atom is -0.325 e. The molecule has 1 unspecified atom stereocenters. The van der Waals surface area contributed by atoms with Gasteiger partial charge in [0.25, 0.3) is 11.8 Å². The van der Waals surface area contributed by atoms with Gasteiger partial charge in [-0.25, -0.2) is 0 Å². The molecule has 3 N–H and O–H groups in total. The van der Waals surface area contributed by atoms with Gasteiger partial charge in [0.1, 0.15) is 10.9 Å². The first-order valence-corrected chi connectivity index (χ1v) is 16.3. The van der Waals surface area contributed by atoms with Crippen LogP contribution in [0, 0.1) is 0 Å². The monoisotopic (exact) mass is 639 g/mol. The summed E-state index contributed by atoms with van der Waals surface area (Å²) in [5.41, 5.74) is 2.66. The standard InChI is InChI=1S/C38H29N3O3S2/c42-36(28-14-5-2-6-15-28)41-34(25-32-19-10-22-45-32)37(43)39-30-17-9-18-33(24-30)46-35(27-12-3-1-4-13-27)38(44)40-31-21-20-26-11-7-8-16-29(26)23-31/h1-25,35H,(H,39,43)(H,40,44)(H,41,42)/b34-25-. The van der Waals surface area contributed by atoms with Crippen molar-refractivity contribution in [3.05, 3.63) is 167 Å². The van der Waals surface area contributed by atoms with Crippen molar-refractivity contribution in [3.63, 3.8) is 0 Å². The molecule has 0 aliphatic carbocycles. The fourth-order valence-corrected chi connectivity index (χ4v) is 6.56. The summed E-state index contributed by atoms with van der Waals surface area (Å²) in [7, 11) is 0. The van der Waals surface area contributed by atoms with Crippen LogP contribution in [0.5, 0.6) is 0 Å². The van der Waals surface area contributed by atoms with E-state index >= 15 is 0 Å². The fraction of sp³-hybridized carbons (Fsp3) is 0.0263. The van der Waals surface area contributed by atoms with Gasteiger partial charge in [-0.1, -0.05) is 91.0 Å². The van der Waals surface area contributed by atoms with Crippen LogP contribution in [-0.4, -0.2) is 17.7 Å². The average molecular weight is 640 g/mol. The van der Waals surface area contributed by atoms with Crippen molar-refractivity contribution in [1.82, 2.24) is 5.32 Å². The highest BCUT2D eigenvalue weighted by Crippen LogP contribution is 2.37. The number of rotatable bonds is 10. The Labute approximate surface area is 275 Å². The van der Waals surface area contributed by atoms with Gasteiger partial charge in [0, 0.05) is 26.7 Å². The molecule has 6 nitrogen and oxygen atoms in total. The molecule has 0 spiro atoms. The van der Waals surface area contributed by atoms with Gasteiger partial charge in [0.05, 0.1) is 0 Å². The Balaban J connectivity index is 1.21. The summed E-state index contributed by atoms with van der Waals surface area (Å²) in [4.78, 5) is 41.8. The van der Waals surface area contributed by atoms with Gasteiger partial charge in [-0.2, -0.15) is 0 Å². The third-order valence-electron chi connectivity index (χ3n) is 7.06. The van der Waals surface area contributed by atoms with Gasteiger partial charge in [0.15, 0.2) is 0 Å². The van der Waals surface area contributed by atoms with E-state index in [1.807, 2.05) is 115 Å². The first kappa shape index (κ1) is 30.6. The summed E-state index contributed by atoms with van der Waals surface area (Å²) in [5.74, 6) is -1.01. The van der Waals surface area contributed by atoms with E-state index in [0.29, 0.717) is 16.9 Å². The van der Waals surface area contributed by atoms with E-state index in [0.717, 1.165) is 26.1 Å². The molecule has 1 atom stereocenters. The summed E-state index contributed by atoms with van der Waals surface area (Å²) in [5, 5.41) is 12.3. The van der Waals surface area contributed by atoms with Crippen LogP contribution in [0.25, 0.3) is 16.8 Å². The zero-order chi connectivity index (χ0) is 31.7. The van der Waals surface area contributed by atoms with Crippen LogP contribution in [0.4, 0.5) is 11.4 Å². The van der Waals surface area contributed by atoms with Gasteiger partial charge in [0.2, 0.25) is 5.91 Å². The number of hydrogen-bond donors (Lipinski definition) is 3. The molecule has 0 saturated carbocycles. The second-order valence-corrected chi connectivity index (χ2v) is 12.5. The van der Waals surface area contributed by atoms with Crippen molar-refractivity contribution in [2.45, 2.75) is 10.1 Å². The first-order valence-electron chi connectivity index (χ1n) is 14.6. The van der Waals surface area contributed by atoms with Gasteiger partial charge >= 0.3 is 0 Å². The quantitative estimate of drug-likeness (QED) is 0.103. The second-order valence-electron chi connectivity index (χ2n) is 10.3. The molecule has 5 aromatic carbocycles. The van der Waals surface area contributed by atoms with E-state index in [2.05, 4.69) is 16.0 Å². The maximum absolute atomic E-state index is 13.7. The molecule has 8 heteroatoms. The van der Waals surface area contributed by atoms with Crippen molar-refractivity contribution in [2.75, 3.05) is 10.6 Å². The molecule has 0 aliphatic heterocycles. The Morgan fingerprint density at radius 3 is 2.13 bits per heavy atom. The molecule has 0 fully saturated rings. The second kappa shape index (κ2) is 14.6. The number of carbonyl (C=O) groups is 3. The van der Waals surface area contributed by atoms with Crippen LogP contribution in [0.15, 0.2) is 155 Å². The van der Waals surface area contributed by atoms with E-state index < -0.39 is 11.2 Å². The van der Waals surface area contributed by atoms with E-state index in [1.54, 1.807) is 36.4 Å². The Bertz CT molecular complexity index is 2010. The molecule has 0 bridgehead atoms. The largest absolute Gasteiger partial charge is 0.325 e. The molecule has 46 heavy (non-hydrogen) atoms. The smallest absolute Gasteiger partial charge is 0.272 e. The Hall–Kier alpha value is -5.44. The number of fused-ring (bicyclic) bond motifs is 1. The number of hydrogen-bond acceptors (Lipinski definition) is 5. The predicted molar refractivity (Wildman–Crippen MR) is 189 cm³/mol. The summed E-state index contributed by atoms with van der Waals surface area (Å²) >= 11 is 2.85. The third kappa shape index (κ3) is 7.79. The van der Waals surface area contributed by atoms with E-state index in [1.165, 1.54) is 23.1 Å². The fourth-order valence-electron chi connectivity index (χ4n) is 4.82. The lowest BCUT2D eigenvalue weighted by Crippen LogP contribution is -2.30. The van der Waals surface area contributed by atoms with Crippen molar-refractivity contribution in [3.8, 4) is 0 Å². The van der Waals surface area contributed by atoms with Crippen LogP contribution >= 0.6 is 23.1 Å². The topological polar surface area (TPSA) is 87.3 Å². The molecular formula is C38H29N3O3S2. The van der Waals surface area contributed by atoms with Gasteiger partial charge < -0.3 is 16.0 Å². The highest BCUT2D eigenvalue weighted by Gasteiger charge is 2.23. The van der Waals surface area contributed by atoms with Gasteiger partial charge in [-0.3, -0.25) is 14.4 Å². The van der Waals surface area contributed by atoms with Crippen LogP contribution in [-0.2, 0) is 9.59 Å². The maximum Gasteiger partial charge on any atom is 0.272 e. The number of thioether (sulfide) groups is 1. The number of nitrogens with one attached hydrogen (secondary N) is 3.